The Hall–Kier alpha value is -2.14. The van der Waals surface area contributed by atoms with Crippen LogP contribution in [0.5, 0.6) is 0 Å². The quantitative estimate of drug-likeness (QED) is 0.228. The van der Waals surface area contributed by atoms with Gasteiger partial charge in [0.1, 0.15) is 4.83 Å². The summed E-state index contributed by atoms with van der Waals surface area (Å²) in [5.41, 5.74) is 3.02. The van der Waals surface area contributed by atoms with Crippen molar-refractivity contribution < 1.29 is 9.53 Å². The molecule has 0 aliphatic carbocycles. The van der Waals surface area contributed by atoms with E-state index in [4.69, 9.17) is 9.72 Å². The fraction of sp³-hybridized carbons (Fsp3) is 0.440. The van der Waals surface area contributed by atoms with Gasteiger partial charge in [0.25, 0.3) is 0 Å². The highest BCUT2D eigenvalue weighted by Crippen LogP contribution is 2.42. The molecule has 0 bridgehead atoms. The minimum atomic E-state index is -0.179. The average molecular weight is 528 g/mol. The minimum absolute atomic E-state index is 0.0313. The van der Waals surface area contributed by atoms with E-state index < -0.39 is 0 Å². The number of nitrogens with one attached hydrogen (secondary N) is 1. The summed E-state index contributed by atoms with van der Waals surface area (Å²) >= 11 is 4.82. The molecule has 3 aromatic heterocycles. The molecule has 4 heterocycles. The van der Waals surface area contributed by atoms with Crippen LogP contribution in [0.15, 0.2) is 40.6 Å². The van der Waals surface area contributed by atoms with Crippen LogP contribution in [0.4, 0.5) is 0 Å². The molecule has 0 saturated carbocycles. The van der Waals surface area contributed by atoms with E-state index in [-0.39, 0.29) is 17.3 Å². The molecule has 7 nitrogen and oxygen atoms in total. The molecule has 1 atom stereocenters. The first-order valence-corrected chi connectivity index (χ1v) is 14.7. The molecule has 0 unspecified atom stereocenters. The van der Waals surface area contributed by atoms with Gasteiger partial charge in [0, 0.05) is 23.6 Å². The van der Waals surface area contributed by atoms with Crippen molar-refractivity contribution in [2.24, 2.45) is 0 Å². The number of amides is 1. The van der Waals surface area contributed by atoms with Crippen molar-refractivity contribution in [3.63, 3.8) is 0 Å². The molecule has 0 radical (unpaired) electrons. The Kier molecular flexibility index (Phi) is 7.34. The summed E-state index contributed by atoms with van der Waals surface area (Å²) in [6.45, 7) is 7.63. The van der Waals surface area contributed by atoms with Gasteiger partial charge in [-0.1, -0.05) is 67.7 Å². The van der Waals surface area contributed by atoms with E-state index in [1.165, 1.54) is 22.2 Å². The third-order valence-corrected chi connectivity index (χ3v) is 9.44. The summed E-state index contributed by atoms with van der Waals surface area (Å²) in [5, 5.41) is 14.8. The second-order valence-corrected chi connectivity index (χ2v) is 12.0. The van der Waals surface area contributed by atoms with Crippen molar-refractivity contribution in [2.45, 2.75) is 69.1 Å². The zero-order valence-corrected chi connectivity index (χ0v) is 22.6. The van der Waals surface area contributed by atoms with E-state index in [0.717, 1.165) is 51.6 Å². The van der Waals surface area contributed by atoms with Crippen LogP contribution in [0.3, 0.4) is 0 Å². The van der Waals surface area contributed by atoms with Crippen LogP contribution in [-0.4, -0.2) is 42.6 Å². The lowest BCUT2D eigenvalue weighted by molar-refractivity contribution is -0.118. The predicted octanol–water partition coefficient (Wildman–Crippen LogP) is 5.49. The Morgan fingerprint density at radius 2 is 2.03 bits per heavy atom. The number of benzene rings is 1. The number of carbonyl (C=O) groups excluding carboxylic acids is 1. The van der Waals surface area contributed by atoms with E-state index in [1.807, 2.05) is 34.7 Å². The lowest BCUT2D eigenvalue weighted by atomic mass is 9.90. The fourth-order valence-corrected chi connectivity index (χ4v) is 6.93. The van der Waals surface area contributed by atoms with Gasteiger partial charge in [0.15, 0.2) is 16.0 Å². The van der Waals surface area contributed by atoms with Crippen molar-refractivity contribution in [3.05, 3.63) is 46.3 Å². The number of aromatic nitrogens is 4. The minimum Gasteiger partial charge on any atom is -0.369 e. The smallest absolute Gasteiger partial charge is 0.230 e. The lowest BCUT2D eigenvalue weighted by Crippen LogP contribution is -2.33. The van der Waals surface area contributed by atoms with Crippen LogP contribution in [0.2, 0.25) is 0 Å². The van der Waals surface area contributed by atoms with Gasteiger partial charge in [-0.05, 0) is 30.9 Å². The zero-order chi connectivity index (χ0) is 24.4. The van der Waals surface area contributed by atoms with Crippen molar-refractivity contribution >= 4 is 56.6 Å². The van der Waals surface area contributed by atoms with Crippen LogP contribution in [0.25, 0.3) is 15.9 Å². The first-order chi connectivity index (χ1) is 17.0. The zero-order valence-electron chi connectivity index (χ0n) is 20.2. The maximum absolute atomic E-state index is 12.5. The van der Waals surface area contributed by atoms with Gasteiger partial charge >= 0.3 is 0 Å². The van der Waals surface area contributed by atoms with E-state index in [0.29, 0.717) is 18.3 Å². The molecule has 0 fully saturated rings. The van der Waals surface area contributed by atoms with Crippen molar-refractivity contribution in [1.82, 2.24) is 24.9 Å². The van der Waals surface area contributed by atoms with Crippen LogP contribution in [-0.2, 0) is 29.1 Å². The Bertz CT molecular complexity index is 1350. The molecular weight excluding hydrogens is 499 g/mol. The molecule has 1 amide bonds. The average Bonchev–Trinajstić information content (AvgIpc) is 3.46. The van der Waals surface area contributed by atoms with Crippen LogP contribution in [0, 0.1) is 0 Å². The van der Waals surface area contributed by atoms with E-state index in [9.17, 15) is 4.79 Å². The molecule has 1 aromatic carbocycles. The molecule has 1 aliphatic rings. The van der Waals surface area contributed by atoms with E-state index >= 15 is 0 Å². The SMILES string of the molecule is CCCSc1nc2sc3c(c2c2nnc(SCC(=O)NCc4ccccc4)n12)C[C@](C)(CC)OC3. The van der Waals surface area contributed by atoms with E-state index in [2.05, 4.69) is 36.3 Å². The molecule has 0 saturated heterocycles. The number of ether oxygens (including phenoxy) is 1. The van der Waals surface area contributed by atoms with Crippen LogP contribution in [0.1, 0.15) is 49.6 Å². The van der Waals surface area contributed by atoms with Gasteiger partial charge in [-0.15, -0.1) is 21.5 Å². The van der Waals surface area contributed by atoms with Crippen molar-refractivity contribution in [1.29, 1.82) is 0 Å². The maximum atomic E-state index is 12.5. The number of thiophene rings is 1. The Balaban J connectivity index is 1.45. The standard InChI is InChI=1S/C25H29N5O2S3/c1-4-11-33-23-27-22-20(17-12-25(3,5-2)32-14-18(17)35-22)21-28-29-24(30(21)23)34-15-19(31)26-13-16-9-7-6-8-10-16/h6-10H,4-5,11-15H2,1-3H3,(H,26,31)/t25-/m0/s1. The molecule has 1 aliphatic heterocycles. The lowest BCUT2D eigenvalue weighted by Gasteiger charge is -2.33. The topological polar surface area (TPSA) is 81.4 Å². The Morgan fingerprint density at radius 1 is 1.20 bits per heavy atom. The second-order valence-electron chi connectivity index (χ2n) is 8.89. The predicted molar refractivity (Wildman–Crippen MR) is 143 cm³/mol. The third kappa shape index (κ3) is 5.07. The van der Waals surface area contributed by atoms with Gasteiger partial charge in [-0.2, -0.15) is 0 Å². The molecule has 10 heteroatoms. The highest BCUT2D eigenvalue weighted by Gasteiger charge is 2.33. The first kappa shape index (κ1) is 24.5. The highest BCUT2D eigenvalue weighted by molar-refractivity contribution is 8.00. The summed E-state index contributed by atoms with van der Waals surface area (Å²) in [4.78, 5) is 19.8. The number of hydrogen-bond donors (Lipinski definition) is 1. The highest BCUT2D eigenvalue weighted by atomic mass is 32.2. The molecule has 1 N–H and O–H groups in total. The summed E-state index contributed by atoms with van der Waals surface area (Å²) < 4.78 is 8.23. The molecular formula is C25H29N5O2S3. The Morgan fingerprint density at radius 3 is 2.80 bits per heavy atom. The summed E-state index contributed by atoms with van der Waals surface area (Å²) in [5.74, 6) is 1.19. The fourth-order valence-electron chi connectivity index (χ4n) is 4.11. The monoisotopic (exact) mass is 527 g/mol. The molecule has 35 heavy (non-hydrogen) atoms. The molecule has 0 spiro atoms. The number of fused-ring (bicyclic) bond motifs is 5. The van der Waals surface area contributed by atoms with Crippen LogP contribution < -0.4 is 5.32 Å². The van der Waals surface area contributed by atoms with Gasteiger partial charge in [-0.25, -0.2) is 9.38 Å². The number of nitrogens with zero attached hydrogens (tertiary/aromatic N) is 4. The second kappa shape index (κ2) is 10.5. The van der Waals surface area contributed by atoms with Gasteiger partial charge in [-0.3, -0.25) is 4.79 Å². The number of carbonyl (C=O) groups is 1. The van der Waals surface area contributed by atoms with Gasteiger partial charge < -0.3 is 10.1 Å². The van der Waals surface area contributed by atoms with Crippen molar-refractivity contribution in [3.8, 4) is 0 Å². The summed E-state index contributed by atoms with van der Waals surface area (Å²) in [7, 11) is 0. The largest absolute Gasteiger partial charge is 0.369 e. The number of hydrogen-bond acceptors (Lipinski definition) is 8. The molecule has 184 valence electrons. The van der Waals surface area contributed by atoms with Gasteiger partial charge in [0.2, 0.25) is 5.91 Å². The molecule has 4 aromatic rings. The van der Waals surface area contributed by atoms with E-state index in [1.54, 1.807) is 23.1 Å². The maximum Gasteiger partial charge on any atom is 0.230 e. The summed E-state index contributed by atoms with van der Waals surface area (Å²) in [6.07, 6.45) is 2.83. The first-order valence-electron chi connectivity index (χ1n) is 11.9. The molecule has 5 rings (SSSR count). The van der Waals surface area contributed by atoms with Gasteiger partial charge in [0.05, 0.1) is 23.3 Å². The normalized spacial score (nSPS) is 17.7. The van der Waals surface area contributed by atoms with Crippen LogP contribution >= 0.6 is 34.9 Å². The Labute approximate surface area is 217 Å². The summed E-state index contributed by atoms with van der Waals surface area (Å²) in [6, 6.07) is 9.92. The number of thioether (sulfide) groups is 2. The third-order valence-electron chi connectivity index (χ3n) is 6.27. The van der Waals surface area contributed by atoms with Crippen molar-refractivity contribution in [2.75, 3.05) is 11.5 Å². The number of rotatable bonds is 9.